The summed E-state index contributed by atoms with van der Waals surface area (Å²) < 4.78 is 5.59. The fourth-order valence-corrected chi connectivity index (χ4v) is 1.57. The first-order valence-electron chi connectivity index (χ1n) is 5.12. The van der Waals surface area contributed by atoms with E-state index < -0.39 is 0 Å². The van der Waals surface area contributed by atoms with E-state index in [-0.39, 0.29) is 0 Å². The third kappa shape index (κ3) is 3.69. The van der Waals surface area contributed by atoms with Crippen molar-refractivity contribution in [2.75, 3.05) is 6.61 Å². The molecule has 1 atom stereocenters. The summed E-state index contributed by atoms with van der Waals surface area (Å²) >= 11 is 5.81. The van der Waals surface area contributed by atoms with E-state index in [1.807, 2.05) is 19.1 Å². The SMILES string of the molecule is CCOC(CC)Cc1ccc(Cl)cc1. The van der Waals surface area contributed by atoms with Crippen LogP contribution in [-0.4, -0.2) is 12.7 Å². The quantitative estimate of drug-likeness (QED) is 0.723. The fraction of sp³-hybridized carbons (Fsp3) is 0.500. The Morgan fingerprint density at radius 1 is 1.21 bits per heavy atom. The van der Waals surface area contributed by atoms with Crippen molar-refractivity contribution in [1.82, 2.24) is 0 Å². The van der Waals surface area contributed by atoms with Crippen molar-refractivity contribution >= 4 is 11.6 Å². The third-order valence-electron chi connectivity index (χ3n) is 2.23. The Balaban J connectivity index is 2.53. The van der Waals surface area contributed by atoms with Gasteiger partial charge in [0.1, 0.15) is 0 Å². The summed E-state index contributed by atoms with van der Waals surface area (Å²) in [4.78, 5) is 0. The van der Waals surface area contributed by atoms with Crippen molar-refractivity contribution in [2.24, 2.45) is 0 Å². The molecule has 0 amide bonds. The predicted octanol–water partition coefficient (Wildman–Crippen LogP) is 3.70. The summed E-state index contributed by atoms with van der Waals surface area (Å²) in [6.45, 7) is 4.97. The fourth-order valence-electron chi connectivity index (χ4n) is 1.44. The minimum absolute atomic E-state index is 0.334. The van der Waals surface area contributed by atoms with Crippen LogP contribution < -0.4 is 0 Å². The lowest BCUT2D eigenvalue weighted by Crippen LogP contribution is -2.14. The van der Waals surface area contributed by atoms with Gasteiger partial charge in [0.05, 0.1) is 6.10 Å². The lowest BCUT2D eigenvalue weighted by atomic mass is 10.1. The summed E-state index contributed by atoms with van der Waals surface area (Å²) in [5, 5.41) is 0.790. The average Bonchev–Trinajstić information content (AvgIpc) is 2.20. The van der Waals surface area contributed by atoms with E-state index in [1.54, 1.807) is 0 Å². The largest absolute Gasteiger partial charge is 0.378 e. The van der Waals surface area contributed by atoms with Gasteiger partial charge in [-0.25, -0.2) is 0 Å². The highest BCUT2D eigenvalue weighted by molar-refractivity contribution is 6.30. The first-order chi connectivity index (χ1) is 6.76. The Morgan fingerprint density at radius 3 is 2.36 bits per heavy atom. The normalized spacial score (nSPS) is 12.8. The number of ether oxygens (including phenoxy) is 1. The van der Waals surface area contributed by atoms with Gasteiger partial charge in [-0.05, 0) is 37.5 Å². The molecule has 1 aromatic rings. The Bertz CT molecular complexity index is 256. The van der Waals surface area contributed by atoms with Crippen LogP contribution in [-0.2, 0) is 11.2 Å². The highest BCUT2D eigenvalue weighted by atomic mass is 35.5. The molecule has 1 rings (SSSR count). The van der Waals surface area contributed by atoms with Crippen molar-refractivity contribution in [1.29, 1.82) is 0 Å². The van der Waals surface area contributed by atoms with Gasteiger partial charge in [0.15, 0.2) is 0 Å². The van der Waals surface area contributed by atoms with Crippen LogP contribution in [0.1, 0.15) is 25.8 Å². The Hall–Kier alpha value is -0.530. The lowest BCUT2D eigenvalue weighted by molar-refractivity contribution is 0.0607. The van der Waals surface area contributed by atoms with Gasteiger partial charge in [-0.1, -0.05) is 30.7 Å². The zero-order valence-corrected chi connectivity index (χ0v) is 9.55. The molecular weight excluding hydrogens is 196 g/mol. The molecule has 0 saturated heterocycles. The molecule has 0 radical (unpaired) electrons. The standard InChI is InChI=1S/C12H17ClO/c1-3-12(14-4-2)9-10-5-7-11(13)8-6-10/h5-8,12H,3-4,9H2,1-2H3. The van der Waals surface area contributed by atoms with Crippen molar-refractivity contribution in [2.45, 2.75) is 32.8 Å². The van der Waals surface area contributed by atoms with Crippen LogP contribution >= 0.6 is 11.6 Å². The van der Waals surface area contributed by atoms with Gasteiger partial charge >= 0.3 is 0 Å². The molecule has 14 heavy (non-hydrogen) atoms. The summed E-state index contributed by atoms with van der Waals surface area (Å²) in [6, 6.07) is 7.97. The Labute approximate surface area is 91.0 Å². The molecule has 0 heterocycles. The number of hydrogen-bond acceptors (Lipinski definition) is 1. The molecule has 0 fully saturated rings. The summed E-state index contributed by atoms with van der Waals surface area (Å²) in [5.74, 6) is 0. The maximum absolute atomic E-state index is 5.81. The van der Waals surface area contributed by atoms with E-state index in [9.17, 15) is 0 Å². The van der Waals surface area contributed by atoms with E-state index in [4.69, 9.17) is 16.3 Å². The van der Waals surface area contributed by atoms with E-state index in [2.05, 4.69) is 19.1 Å². The second kappa shape index (κ2) is 6.05. The Kier molecular flexibility index (Phi) is 4.99. The Morgan fingerprint density at radius 2 is 1.86 bits per heavy atom. The molecule has 0 aromatic heterocycles. The second-order valence-electron chi connectivity index (χ2n) is 3.32. The van der Waals surface area contributed by atoms with Gasteiger partial charge in [0, 0.05) is 11.6 Å². The van der Waals surface area contributed by atoms with Crippen LogP contribution in [0.5, 0.6) is 0 Å². The zero-order chi connectivity index (χ0) is 10.4. The summed E-state index contributed by atoms with van der Waals surface area (Å²) in [5.41, 5.74) is 1.29. The van der Waals surface area contributed by atoms with E-state index >= 15 is 0 Å². The number of hydrogen-bond donors (Lipinski definition) is 0. The molecule has 0 aliphatic rings. The zero-order valence-electron chi connectivity index (χ0n) is 8.79. The highest BCUT2D eigenvalue weighted by Gasteiger charge is 2.06. The molecule has 0 bridgehead atoms. The molecule has 0 aliphatic heterocycles. The molecule has 0 spiro atoms. The van der Waals surface area contributed by atoms with Gasteiger partial charge in [-0.2, -0.15) is 0 Å². The molecule has 1 unspecified atom stereocenters. The molecule has 1 aromatic carbocycles. The first kappa shape index (κ1) is 11.5. The van der Waals surface area contributed by atoms with Gasteiger partial charge in [0.25, 0.3) is 0 Å². The molecule has 78 valence electrons. The lowest BCUT2D eigenvalue weighted by Gasteiger charge is -2.14. The van der Waals surface area contributed by atoms with Crippen LogP contribution in [0, 0.1) is 0 Å². The average molecular weight is 213 g/mol. The summed E-state index contributed by atoms with van der Waals surface area (Å²) in [6.07, 6.45) is 2.36. The number of rotatable bonds is 5. The molecule has 1 nitrogen and oxygen atoms in total. The van der Waals surface area contributed by atoms with Gasteiger partial charge in [0.2, 0.25) is 0 Å². The van der Waals surface area contributed by atoms with E-state index in [0.29, 0.717) is 6.10 Å². The monoisotopic (exact) mass is 212 g/mol. The van der Waals surface area contributed by atoms with Crippen molar-refractivity contribution in [3.8, 4) is 0 Å². The van der Waals surface area contributed by atoms with Crippen molar-refractivity contribution in [3.05, 3.63) is 34.9 Å². The van der Waals surface area contributed by atoms with Crippen LogP contribution in [0.15, 0.2) is 24.3 Å². The predicted molar refractivity (Wildman–Crippen MR) is 60.9 cm³/mol. The van der Waals surface area contributed by atoms with Gasteiger partial charge in [-0.3, -0.25) is 0 Å². The van der Waals surface area contributed by atoms with E-state index in [0.717, 1.165) is 24.5 Å². The van der Waals surface area contributed by atoms with Crippen LogP contribution in [0.2, 0.25) is 5.02 Å². The molecule has 0 N–H and O–H groups in total. The molecule has 0 saturated carbocycles. The summed E-state index contributed by atoms with van der Waals surface area (Å²) in [7, 11) is 0. The second-order valence-corrected chi connectivity index (χ2v) is 3.75. The maximum Gasteiger partial charge on any atom is 0.0612 e. The maximum atomic E-state index is 5.81. The topological polar surface area (TPSA) is 9.23 Å². The van der Waals surface area contributed by atoms with Gasteiger partial charge in [-0.15, -0.1) is 0 Å². The smallest absolute Gasteiger partial charge is 0.0612 e. The van der Waals surface area contributed by atoms with Crippen molar-refractivity contribution < 1.29 is 4.74 Å². The van der Waals surface area contributed by atoms with Crippen molar-refractivity contribution in [3.63, 3.8) is 0 Å². The molecule has 0 aliphatic carbocycles. The van der Waals surface area contributed by atoms with Crippen LogP contribution in [0.3, 0.4) is 0 Å². The van der Waals surface area contributed by atoms with E-state index in [1.165, 1.54) is 5.56 Å². The first-order valence-corrected chi connectivity index (χ1v) is 5.50. The molecule has 2 heteroatoms. The highest BCUT2D eigenvalue weighted by Crippen LogP contribution is 2.13. The third-order valence-corrected chi connectivity index (χ3v) is 2.49. The van der Waals surface area contributed by atoms with Crippen LogP contribution in [0.25, 0.3) is 0 Å². The van der Waals surface area contributed by atoms with Crippen LogP contribution in [0.4, 0.5) is 0 Å². The number of halogens is 1. The minimum Gasteiger partial charge on any atom is -0.378 e. The molecular formula is C12H17ClO. The minimum atomic E-state index is 0.334. The van der Waals surface area contributed by atoms with Gasteiger partial charge < -0.3 is 4.74 Å². The number of benzene rings is 1.